The van der Waals surface area contributed by atoms with Crippen molar-refractivity contribution < 1.29 is 95.2 Å². The second kappa shape index (κ2) is 27.4. The van der Waals surface area contributed by atoms with Gasteiger partial charge in [-0.1, -0.05) is 12.8 Å². The van der Waals surface area contributed by atoms with Crippen molar-refractivity contribution in [3.05, 3.63) is 0 Å². The highest BCUT2D eigenvalue weighted by atomic mass is 16.4. The van der Waals surface area contributed by atoms with E-state index < -0.39 is 78.8 Å². The molecule has 19 heteroatoms. The molecule has 0 aromatic rings. The third-order valence-corrected chi connectivity index (χ3v) is 4.79. The van der Waals surface area contributed by atoms with Crippen LogP contribution in [-0.2, 0) is 28.8 Å². The molecule has 43 heavy (non-hydrogen) atoms. The Hall–Kier alpha value is -3.46. The Balaban J connectivity index is -0.000000241. The van der Waals surface area contributed by atoms with Gasteiger partial charge in [-0.05, 0) is 32.1 Å². The fourth-order valence-corrected chi connectivity index (χ4v) is 2.59. The summed E-state index contributed by atoms with van der Waals surface area (Å²) in [5.41, 5.74) is -5.48. The molecule has 0 aliphatic heterocycles. The Kier molecular flexibility index (Phi) is 29.6. The van der Waals surface area contributed by atoms with E-state index in [4.69, 9.17) is 66.4 Å². The van der Waals surface area contributed by atoms with Crippen LogP contribution in [-0.4, -0.2) is 146 Å². The third-order valence-electron chi connectivity index (χ3n) is 4.79. The molecule has 0 rings (SSSR count). The van der Waals surface area contributed by atoms with Crippen LogP contribution in [0.15, 0.2) is 0 Å². The molecule has 0 saturated heterocycles. The Morgan fingerprint density at radius 1 is 0.465 bits per heavy atom. The van der Waals surface area contributed by atoms with E-state index in [1.165, 1.54) is 0 Å². The number of carboxylic acids is 6. The molecule has 0 saturated carbocycles. The first-order valence-electron chi connectivity index (χ1n) is 12.7. The highest BCUT2D eigenvalue weighted by Crippen LogP contribution is 2.16. The summed E-state index contributed by atoms with van der Waals surface area (Å²) in [5.74, 6) is -10.0. The Morgan fingerprint density at radius 3 is 0.907 bits per heavy atom. The molecule has 19 nitrogen and oxygen atoms in total. The van der Waals surface area contributed by atoms with Crippen LogP contribution in [0.3, 0.4) is 0 Å². The minimum absolute atomic E-state index is 0.165. The van der Waals surface area contributed by atoms with E-state index in [2.05, 4.69) is 0 Å². The number of aliphatic hydroxyl groups excluding tert-OH is 5. The molecule has 13 N–H and O–H groups in total. The summed E-state index contributed by atoms with van der Waals surface area (Å²) < 4.78 is 0. The molecule has 0 aliphatic carbocycles. The lowest BCUT2D eigenvalue weighted by molar-refractivity contribution is -0.170. The zero-order chi connectivity index (χ0) is 34.6. The summed E-state index contributed by atoms with van der Waals surface area (Å²) in [6, 6.07) is 0. The normalized spacial score (nSPS) is 11.2. The number of hydrogen-bond acceptors (Lipinski definition) is 13. The average molecular weight is 637 g/mol. The fraction of sp³-hybridized carbons (Fsp3) is 0.750. The molecule has 1 unspecified atom stereocenters. The highest BCUT2D eigenvalue weighted by Gasteiger charge is 2.41. The van der Waals surface area contributed by atoms with Crippen molar-refractivity contribution in [2.24, 2.45) is 0 Å². The smallest absolute Gasteiger partial charge is 0.336 e. The number of aliphatic carboxylic acids is 6. The SMILES string of the molecule is O=C(O)CC(O)(CC(=O)O)C(=O)O.O=C(O)CC(O)(CC(=O)O)C(=O)O.OCCCCC(O)CO.OCCCCCCO. The van der Waals surface area contributed by atoms with Crippen molar-refractivity contribution in [2.75, 3.05) is 26.4 Å². The largest absolute Gasteiger partial charge is 0.481 e. The van der Waals surface area contributed by atoms with Crippen molar-refractivity contribution in [1.82, 2.24) is 0 Å². The first kappa shape index (κ1) is 46.5. The van der Waals surface area contributed by atoms with Gasteiger partial charge in [-0.3, -0.25) is 19.2 Å². The maximum Gasteiger partial charge on any atom is 0.336 e. The Labute approximate surface area is 245 Å². The van der Waals surface area contributed by atoms with Crippen LogP contribution in [0.2, 0.25) is 0 Å². The van der Waals surface area contributed by atoms with Gasteiger partial charge in [0.25, 0.3) is 0 Å². The first-order chi connectivity index (χ1) is 19.8. The van der Waals surface area contributed by atoms with E-state index in [0.717, 1.165) is 32.1 Å². The quantitative estimate of drug-likeness (QED) is 0.0616. The van der Waals surface area contributed by atoms with E-state index in [0.29, 0.717) is 12.8 Å². The number of hydrogen-bond donors (Lipinski definition) is 13. The molecule has 0 radical (unpaired) electrons. The van der Waals surface area contributed by atoms with E-state index in [9.17, 15) is 28.8 Å². The molecule has 0 heterocycles. The molecular weight excluding hydrogens is 592 g/mol. The van der Waals surface area contributed by atoms with Gasteiger partial charge >= 0.3 is 35.8 Å². The number of carbonyl (C=O) groups is 6. The summed E-state index contributed by atoms with van der Waals surface area (Å²) in [4.78, 5) is 61.0. The molecule has 0 bridgehead atoms. The summed E-state index contributed by atoms with van der Waals surface area (Å²) in [6.07, 6.45) is 0.712. The molecule has 0 amide bonds. The maximum absolute atomic E-state index is 10.3. The topological polar surface area (TPSA) is 365 Å². The number of rotatable bonds is 20. The molecule has 1 atom stereocenters. The number of carboxylic acid groups (broad SMARTS) is 6. The van der Waals surface area contributed by atoms with Gasteiger partial charge in [0.15, 0.2) is 11.2 Å². The zero-order valence-corrected chi connectivity index (χ0v) is 23.4. The maximum atomic E-state index is 10.3. The molecule has 0 aromatic carbocycles. The van der Waals surface area contributed by atoms with E-state index >= 15 is 0 Å². The average Bonchev–Trinajstić information content (AvgIpc) is 2.86. The fourth-order valence-electron chi connectivity index (χ4n) is 2.59. The van der Waals surface area contributed by atoms with Crippen LogP contribution in [0.4, 0.5) is 0 Å². The zero-order valence-electron chi connectivity index (χ0n) is 23.4. The van der Waals surface area contributed by atoms with Crippen molar-refractivity contribution in [2.45, 2.75) is 87.9 Å². The Morgan fingerprint density at radius 2 is 0.721 bits per heavy atom. The Bertz CT molecular complexity index is 722. The lowest BCUT2D eigenvalue weighted by Crippen LogP contribution is -2.42. The second-order valence-electron chi connectivity index (χ2n) is 8.87. The van der Waals surface area contributed by atoms with Gasteiger partial charge in [-0.25, -0.2) is 9.59 Å². The lowest BCUT2D eigenvalue weighted by Gasteiger charge is -2.18. The second-order valence-corrected chi connectivity index (χ2v) is 8.87. The van der Waals surface area contributed by atoms with Gasteiger partial charge in [-0.15, -0.1) is 0 Å². The van der Waals surface area contributed by atoms with Gasteiger partial charge in [0.2, 0.25) is 0 Å². The van der Waals surface area contributed by atoms with Gasteiger partial charge in [0.05, 0.1) is 38.4 Å². The van der Waals surface area contributed by atoms with Crippen LogP contribution in [0, 0.1) is 0 Å². The predicted molar refractivity (Wildman–Crippen MR) is 141 cm³/mol. The van der Waals surface area contributed by atoms with Crippen LogP contribution < -0.4 is 0 Å². The number of aliphatic hydroxyl groups is 7. The molecule has 0 spiro atoms. The molecule has 0 fully saturated rings. The van der Waals surface area contributed by atoms with Crippen LogP contribution in [0.25, 0.3) is 0 Å². The van der Waals surface area contributed by atoms with Crippen LogP contribution in [0.5, 0.6) is 0 Å². The lowest BCUT2D eigenvalue weighted by atomic mass is 9.96. The van der Waals surface area contributed by atoms with Gasteiger partial charge < -0.3 is 66.4 Å². The van der Waals surface area contributed by atoms with E-state index in [-0.39, 0.29) is 26.4 Å². The predicted octanol–water partition coefficient (Wildman–Crippen LogP) is -2.46. The summed E-state index contributed by atoms with van der Waals surface area (Å²) in [5, 5.41) is 110. The van der Waals surface area contributed by atoms with Crippen molar-refractivity contribution in [3.8, 4) is 0 Å². The van der Waals surface area contributed by atoms with E-state index in [1.807, 2.05) is 0 Å². The van der Waals surface area contributed by atoms with Crippen LogP contribution in [0.1, 0.15) is 70.6 Å². The van der Waals surface area contributed by atoms with Crippen molar-refractivity contribution in [3.63, 3.8) is 0 Å². The number of unbranched alkanes of at least 4 members (excludes halogenated alkanes) is 4. The standard InChI is InChI=1S/2C6H8O7.C6H14O3.C6H14O2/c2*7-3(8)1-6(13,5(11)12)2-4(9)10;7-4-2-1-3-6(9)5-8;7-5-3-1-2-4-6-8/h2*13H,1-2H2,(H,7,8)(H,9,10)(H,11,12);6-9H,1-5H2;7-8H,1-6H2. The third kappa shape index (κ3) is 31.3. The van der Waals surface area contributed by atoms with Gasteiger partial charge in [0.1, 0.15) is 0 Å². The van der Waals surface area contributed by atoms with Crippen molar-refractivity contribution >= 4 is 35.8 Å². The summed E-state index contributed by atoms with van der Waals surface area (Å²) in [7, 11) is 0. The molecule has 0 aromatic heterocycles. The summed E-state index contributed by atoms with van der Waals surface area (Å²) in [6.45, 7) is 0.556. The van der Waals surface area contributed by atoms with Gasteiger partial charge in [0, 0.05) is 19.8 Å². The molecule has 0 aliphatic rings. The minimum Gasteiger partial charge on any atom is -0.481 e. The van der Waals surface area contributed by atoms with Crippen molar-refractivity contribution in [1.29, 1.82) is 0 Å². The molecular formula is C24H44O19. The van der Waals surface area contributed by atoms with Crippen LogP contribution >= 0.6 is 0 Å². The minimum atomic E-state index is -2.74. The summed E-state index contributed by atoms with van der Waals surface area (Å²) >= 11 is 0. The monoisotopic (exact) mass is 636 g/mol. The first-order valence-corrected chi connectivity index (χ1v) is 12.7. The van der Waals surface area contributed by atoms with E-state index in [1.54, 1.807) is 0 Å². The highest BCUT2D eigenvalue weighted by molar-refractivity contribution is 5.88. The van der Waals surface area contributed by atoms with Gasteiger partial charge in [-0.2, -0.15) is 0 Å². The molecule has 254 valence electrons.